The van der Waals surface area contributed by atoms with Crippen LogP contribution in [-0.4, -0.2) is 6.54 Å². The van der Waals surface area contributed by atoms with Crippen LogP contribution in [0.4, 0.5) is 0 Å². The molecule has 1 aromatic rings. The van der Waals surface area contributed by atoms with E-state index in [0.717, 1.165) is 18.7 Å². The Labute approximate surface area is 73.1 Å². The Hall–Kier alpha value is -1.24. The van der Waals surface area contributed by atoms with Crippen molar-refractivity contribution >= 4 is 5.70 Å². The van der Waals surface area contributed by atoms with Crippen LogP contribution in [0.3, 0.4) is 0 Å². The fraction of sp³-hybridized carbons (Fsp3) is 0.273. The molecule has 1 heteroatoms. The highest BCUT2D eigenvalue weighted by molar-refractivity contribution is 5.67. The van der Waals surface area contributed by atoms with E-state index in [1.165, 1.54) is 16.7 Å². The summed E-state index contributed by atoms with van der Waals surface area (Å²) in [5, 5.41) is 3.27. The van der Waals surface area contributed by atoms with Crippen molar-refractivity contribution in [2.24, 2.45) is 0 Å². The molecule has 0 atom stereocenters. The first-order valence-corrected chi connectivity index (χ1v) is 4.30. The van der Waals surface area contributed by atoms with E-state index in [0.29, 0.717) is 0 Å². The molecule has 1 aliphatic heterocycles. The monoisotopic (exact) mass is 159 g/mol. The Morgan fingerprint density at radius 2 is 2.25 bits per heavy atom. The lowest BCUT2D eigenvalue weighted by Crippen LogP contribution is -2.21. The van der Waals surface area contributed by atoms with Crippen LogP contribution in [0.15, 0.2) is 24.8 Å². The number of hydrogen-bond acceptors (Lipinski definition) is 1. The molecule has 12 heavy (non-hydrogen) atoms. The summed E-state index contributed by atoms with van der Waals surface area (Å²) >= 11 is 0. The first-order valence-electron chi connectivity index (χ1n) is 4.30. The molecule has 62 valence electrons. The Kier molecular flexibility index (Phi) is 1.65. The summed E-state index contributed by atoms with van der Waals surface area (Å²) in [6.07, 6.45) is 1.12. The van der Waals surface area contributed by atoms with Gasteiger partial charge in [0.1, 0.15) is 0 Å². The third-order valence-electron chi connectivity index (χ3n) is 2.32. The predicted octanol–water partition coefficient (Wildman–Crippen LogP) is 2.11. The van der Waals surface area contributed by atoms with E-state index in [-0.39, 0.29) is 0 Å². The molecular weight excluding hydrogens is 146 g/mol. The standard InChI is InChI=1S/C11H13N/c1-8-3-4-10-5-6-12-9(2)11(10)7-8/h3-4,7,12H,2,5-6H2,1H3. The Balaban J connectivity index is 2.54. The fourth-order valence-electron chi connectivity index (χ4n) is 1.63. The van der Waals surface area contributed by atoms with Crippen LogP contribution in [0, 0.1) is 6.92 Å². The molecule has 2 rings (SSSR count). The predicted molar refractivity (Wildman–Crippen MR) is 51.9 cm³/mol. The molecule has 0 saturated heterocycles. The van der Waals surface area contributed by atoms with Crippen molar-refractivity contribution in [3.8, 4) is 0 Å². The summed E-state index contributed by atoms with van der Waals surface area (Å²) in [5.41, 5.74) is 5.09. The Morgan fingerprint density at radius 3 is 3.08 bits per heavy atom. The van der Waals surface area contributed by atoms with Crippen LogP contribution >= 0.6 is 0 Å². The van der Waals surface area contributed by atoms with Gasteiger partial charge in [-0.25, -0.2) is 0 Å². The number of hydrogen-bond donors (Lipinski definition) is 1. The van der Waals surface area contributed by atoms with E-state index < -0.39 is 0 Å². The van der Waals surface area contributed by atoms with Crippen LogP contribution in [0.1, 0.15) is 16.7 Å². The lowest BCUT2D eigenvalue weighted by molar-refractivity contribution is 0.815. The molecule has 0 spiro atoms. The molecule has 1 heterocycles. The average molecular weight is 159 g/mol. The van der Waals surface area contributed by atoms with Gasteiger partial charge in [-0.2, -0.15) is 0 Å². The SMILES string of the molecule is C=C1NCCc2ccc(C)cc21. The molecule has 0 bridgehead atoms. The van der Waals surface area contributed by atoms with E-state index in [2.05, 4.69) is 37.0 Å². The second-order valence-electron chi connectivity index (χ2n) is 3.32. The molecule has 1 nitrogen and oxygen atoms in total. The van der Waals surface area contributed by atoms with Crippen LogP contribution in [0.25, 0.3) is 5.70 Å². The molecule has 1 aromatic carbocycles. The number of rotatable bonds is 0. The van der Waals surface area contributed by atoms with Gasteiger partial charge in [0, 0.05) is 17.8 Å². The lowest BCUT2D eigenvalue weighted by Gasteiger charge is -2.20. The van der Waals surface area contributed by atoms with Gasteiger partial charge in [0.25, 0.3) is 0 Å². The van der Waals surface area contributed by atoms with Crippen LogP contribution in [0.5, 0.6) is 0 Å². The second-order valence-corrected chi connectivity index (χ2v) is 3.32. The quantitative estimate of drug-likeness (QED) is 0.611. The van der Waals surface area contributed by atoms with Crippen LogP contribution in [-0.2, 0) is 6.42 Å². The van der Waals surface area contributed by atoms with Crippen molar-refractivity contribution in [2.45, 2.75) is 13.3 Å². The van der Waals surface area contributed by atoms with E-state index in [1.807, 2.05) is 0 Å². The minimum absolute atomic E-state index is 1.02. The number of benzene rings is 1. The third-order valence-corrected chi connectivity index (χ3v) is 2.32. The molecular formula is C11H13N. The maximum atomic E-state index is 3.99. The zero-order valence-electron chi connectivity index (χ0n) is 7.35. The largest absolute Gasteiger partial charge is 0.385 e. The molecule has 0 unspecified atom stereocenters. The third kappa shape index (κ3) is 1.11. The highest BCUT2D eigenvalue weighted by Crippen LogP contribution is 2.21. The zero-order chi connectivity index (χ0) is 8.55. The topological polar surface area (TPSA) is 12.0 Å². The number of fused-ring (bicyclic) bond motifs is 1. The number of nitrogens with one attached hydrogen (secondary N) is 1. The summed E-state index contributed by atoms with van der Waals surface area (Å²) < 4.78 is 0. The first kappa shape index (κ1) is 7.41. The van der Waals surface area contributed by atoms with Crippen LogP contribution in [0.2, 0.25) is 0 Å². The van der Waals surface area contributed by atoms with Crippen molar-refractivity contribution in [1.82, 2.24) is 5.32 Å². The van der Waals surface area contributed by atoms with Gasteiger partial charge >= 0.3 is 0 Å². The van der Waals surface area contributed by atoms with Gasteiger partial charge in [-0.3, -0.25) is 0 Å². The van der Waals surface area contributed by atoms with Gasteiger partial charge in [-0.1, -0.05) is 24.3 Å². The van der Waals surface area contributed by atoms with Gasteiger partial charge in [0.05, 0.1) is 0 Å². The van der Waals surface area contributed by atoms with Gasteiger partial charge < -0.3 is 5.32 Å². The molecule has 0 amide bonds. The summed E-state index contributed by atoms with van der Waals surface area (Å²) in [6, 6.07) is 6.57. The van der Waals surface area contributed by atoms with Gasteiger partial charge in [0.2, 0.25) is 0 Å². The lowest BCUT2D eigenvalue weighted by atomic mass is 9.97. The first-order chi connectivity index (χ1) is 5.77. The molecule has 0 aliphatic carbocycles. The minimum Gasteiger partial charge on any atom is -0.385 e. The summed E-state index contributed by atoms with van der Waals surface area (Å²) in [5.74, 6) is 0. The fourth-order valence-corrected chi connectivity index (χ4v) is 1.63. The Morgan fingerprint density at radius 1 is 1.42 bits per heavy atom. The average Bonchev–Trinajstić information content (AvgIpc) is 2.07. The normalized spacial score (nSPS) is 15.2. The zero-order valence-corrected chi connectivity index (χ0v) is 7.35. The van der Waals surface area contributed by atoms with Crippen LogP contribution < -0.4 is 5.32 Å². The van der Waals surface area contributed by atoms with Crippen molar-refractivity contribution in [3.63, 3.8) is 0 Å². The molecule has 1 N–H and O–H groups in total. The maximum Gasteiger partial charge on any atom is 0.0343 e. The van der Waals surface area contributed by atoms with Gasteiger partial charge in [-0.15, -0.1) is 0 Å². The molecule has 1 aliphatic rings. The van der Waals surface area contributed by atoms with E-state index in [4.69, 9.17) is 0 Å². The molecule has 0 saturated carbocycles. The molecule has 0 aromatic heterocycles. The van der Waals surface area contributed by atoms with Gasteiger partial charge in [-0.05, 0) is 25.0 Å². The van der Waals surface area contributed by atoms with Crippen molar-refractivity contribution in [2.75, 3.05) is 6.54 Å². The van der Waals surface area contributed by atoms with E-state index >= 15 is 0 Å². The molecule has 0 fully saturated rings. The smallest absolute Gasteiger partial charge is 0.0343 e. The van der Waals surface area contributed by atoms with E-state index in [9.17, 15) is 0 Å². The van der Waals surface area contributed by atoms with Crippen molar-refractivity contribution < 1.29 is 0 Å². The van der Waals surface area contributed by atoms with Crippen molar-refractivity contribution in [3.05, 3.63) is 41.5 Å². The summed E-state index contributed by atoms with van der Waals surface area (Å²) in [6.45, 7) is 7.12. The summed E-state index contributed by atoms with van der Waals surface area (Å²) in [4.78, 5) is 0. The highest BCUT2D eigenvalue weighted by Gasteiger charge is 2.10. The second kappa shape index (κ2) is 2.67. The summed E-state index contributed by atoms with van der Waals surface area (Å²) in [7, 11) is 0. The van der Waals surface area contributed by atoms with E-state index in [1.54, 1.807) is 0 Å². The minimum atomic E-state index is 1.02. The highest BCUT2D eigenvalue weighted by atomic mass is 14.9. The Bertz CT molecular complexity index is 326. The van der Waals surface area contributed by atoms with Gasteiger partial charge in [0.15, 0.2) is 0 Å². The maximum absolute atomic E-state index is 3.99. The molecule has 0 radical (unpaired) electrons. The number of aryl methyl sites for hydroxylation is 1. The van der Waals surface area contributed by atoms with Crippen molar-refractivity contribution in [1.29, 1.82) is 0 Å².